The number of piperidine rings is 1. The van der Waals surface area contributed by atoms with Gasteiger partial charge in [0.1, 0.15) is 0 Å². The first-order valence-corrected chi connectivity index (χ1v) is 7.42. The molecule has 4 nitrogen and oxygen atoms in total. The summed E-state index contributed by atoms with van der Waals surface area (Å²) in [6, 6.07) is 10.2. The van der Waals surface area contributed by atoms with Gasteiger partial charge in [-0.15, -0.1) is 0 Å². The summed E-state index contributed by atoms with van der Waals surface area (Å²) in [6.07, 6.45) is 2.42. The molecule has 4 heteroatoms. The summed E-state index contributed by atoms with van der Waals surface area (Å²) >= 11 is 0. The molecular formula is C16H25N3O. The van der Waals surface area contributed by atoms with Crippen molar-refractivity contribution < 1.29 is 4.74 Å². The van der Waals surface area contributed by atoms with Crippen LogP contribution in [0, 0.1) is 5.92 Å². The van der Waals surface area contributed by atoms with Gasteiger partial charge in [-0.25, -0.2) is 0 Å². The number of likely N-dealkylation sites (tertiary alicyclic amines) is 1. The fourth-order valence-electron chi connectivity index (χ4n) is 2.33. The second kappa shape index (κ2) is 7.90. The van der Waals surface area contributed by atoms with E-state index in [0.29, 0.717) is 25.7 Å². The predicted molar refractivity (Wildman–Crippen MR) is 82.6 cm³/mol. The van der Waals surface area contributed by atoms with Gasteiger partial charge in [-0.05, 0) is 24.3 Å². The van der Waals surface area contributed by atoms with Gasteiger partial charge in [0, 0.05) is 13.1 Å². The zero-order chi connectivity index (χ0) is 14.2. The number of aliphatic imine (C=N–C) groups is 1. The largest absolute Gasteiger partial charge is 0.375 e. The Bertz CT molecular complexity index is 411. The molecule has 1 aliphatic heterocycles. The molecule has 110 valence electrons. The molecule has 0 aromatic heterocycles. The van der Waals surface area contributed by atoms with Crippen molar-refractivity contribution in [3.8, 4) is 0 Å². The lowest BCUT2D eigenvalue weighted by molar-refractivity contribution is 0.128. The molecule has 1 heterocycles. The van der Waals surface area contributed by atoms with Crippen LogP contribution in [-0.2, 0) is 11.3 Å². The molecule has 0 spiro atoms. The average molecular weight is 275 g/mol. The molecule has 1 aromatic rings. The Morgan fingerprint density at radius 3 is 2.70 bits per heavy atom. The fraction of sp³-hybridized carbons (Fsp3) is 0.562. The van der Waals surface area contributed by atoms with Crippen molar-refractivity contribution >= 4 is 5.96 Å². The van der Waals surface area contributed by atoms with Gasteiger partial charge in [-0.1, -0.05) is 37.3 Å². The first-order valence-electron chi connectivity index (χ1n) is 7.42. The van der Waals surface area contributed by atoms with Gasteiger partial charge in [0.05, 0.1) is 19.8 Å². The Morgan fingerprint density at radius 1 is 1.30 bits per heavy atom. The van der Waals surface area contributed by atoms with Crippen LogP contribution in [0.3, 0.4) is 0 Å². The van der Waals surface area contributed by atoms with E-state index in [2.05, 4.69) is 28.9 Å². The zero-order valence-electron chi connectivity index (χ0n) is 12.3. The van der Waals surface area contributed by atoms with Crippen LogP contribution in [0.2, 0.25) is 0 Å². The standard InChI is InChI=1S/C16H25N3O/c1-14-7-10-19(11-8-14)16(17)18-9-12-20-13-15-5-3-2-4-6-15/h2-6,14H,7-13H2,1H3,(H2,17,18). The highest BCUT2D eigenvalue weighted by Crippen LogP contribution is 2.15. The lowest BCUT2D eigenvalue weighted by Crippen LogP contribution is -2.42. The minimum Gasteiger partial charge on any atom is -0.375 e. The Balaban J connectivity index is 1.63. The van der Waals surface area contributed by atoms with E-state index in [1.165, 1.54) is 18.4 Å². The molecule has 0 bridgehead atoms. The van der Waals surface area contributed by atoms with Crippen molar-refractivity contribution in [1.82, 2.24) is 4.90 Å². The molecule has 0 aliphatic carbocycles. The molecule has 1 aliphatic rings. The second-order valence-electron chi connectivity index (χ2n) is 5.45. The van der Waals surface area contributed by atoms with Crippen LogP contribution < -0.4 is 5.73 Å². The van der Waals surface area contributed by atoms with E-state index >= 15 is 0 Å². The van der Waals surface area contributed by atoms with Crippen LogP contribution in [0.15, 0.2) is 35.3 Å². The number of nitrogens with two attached hydrogens (primary N) is 1. The maximum absolute atomic E-state index is 6.01. The van der Waals surface area contributed by atoms with E-state index in [1.54, 1.807) is 0 Å². The van der Waals surface area contributed by atoms with E-state index in [9.17, 15) is 0 Å². The SMILES string of the molecule is CC1CCN(C(N)=NCCOCc2ccccc2)CC1. The van der Waals surface area contributed by atoms with Gasteiger partial charge in [0.25, 0.3) is 0 Å². The average Bonchev–Trinajstić information content (AvgIpc) is 2.48. The smallest absolute Gasteiger partial charge is 0.191 e. The number of hydrogen-bond acceptors (Lipinski definition) is 2. The quantitative estimate of drug-likeness (QED) is 0.509. The summed E-state index contributed by atoms with van der Waals surface area (Å²) in [5, 5.41) is 0. The lowest BCUT2D eigenvalue weighted by atomic mass is 10.00. The minimum atomic E-state index is 0.611. The molecule has 20 heavy (non-hydrogen) atoms. The Kier molecular flexibility index (Phi) is 5.87. The third kappa shape index (κ3) is 4.85. The highest BCUT2D eigenvalue weighted by molar-refractivity contribution is 5.78. The first kappa shape index (κ1) is 14.9. The molecule has 1 saturated heterocycles. The van der Waals surface area contributed by atoms with Crippen molar-refractivity contribution in [1.29, 1.82) is 0 Å². The van der Waals surface area contributed by atoms with Gasteiger partial charge >= 0.3 is 0 Å². The minimum absolute atomic E-state index is 0.611. The molecule has 0 atom stereocenters. The van der Waals surface area contributed by atoms with E-state index in [0.717, 1.165) is 19.0 Å². The summed E-state index contributed by atoms with van der Waals surface area (Å²) < 4.78 is 5.59. The lowest BCUT2D eigenvalue weighted by Gasteiger charge is -2.31. The summed E-state index contributed by atoms with van der Waals surface area (Å²) in [7, 11) is 0. The van der Waals surface area contributed by atoms with Crippen LogP contribution in [0.4, 0.5) is 0 Å². The summed E-state index contributed by atoms with van der Waals surface area (Å²) in [5.41, 5.74) is 7.20. The Hall–Kier alpha value is -1.55. The summed E-state index contributed by atoms with van der Waals surface area (Å²) in [5.74, 6) is 1.48. The maximum Gasteiger partial charge on any atom is 0.191 e. The molecule has 0 saturated carbocycles. The first-order chi connectivity index (χ1) is 9.75. The number of guanidine groups is 1. The number of ether oxygens (including phenoxy) is 1. The molecule has 0 amide bonds. The van der Waals surface area contributed by atoms with Gasteiger partial charge < -0.3 is 15.4 Å². The van der Waals surface area contributed by atoms with E-state index in [4.69, 9.17) is 10.5 Å². The van der Waals surface area contributed by atoms with Crippen LogP contribution in [-0.4, -0.2) is 37.1 Å². The van der Waals surface area contributed by atoms with Gasteiger partial charge in [-0.3, -0.25) is 4.99 Å². The second-order valence-corrected chi connectivity index (χ2v) is 5.45. The summed E-state index contributed by atoms with van der Waals surface area (Å²) in [4.78, 5) is 6.58. The van der Waals surface area contributed by atoms with E-state index < -0.39 is 0 Å². The zero-order valence-corrected chi connectivity index (χ0v) is 12.3. The third-order valence-electron chi connectivity index (χ3n) is 3.73. The monoisotopic (exact) mass is 275 g/mol. The molecule has 2 rings (SSSR count). The van der Waals surface area contributed by atoms with Gasteiger partial charge in [0.15, 0.2) is 5.96 Å². The van der Waals surface area contributed by atoms with E-state index in [1.807, 2.05) is 18.2 Å². The Labute approximate surface area is 121 Å². The normalized spacial score (nSPS) is 17.4. The number of hydrogen-bond donors (Lipinski definition) is 1. The predicted octanol–water partition coefficient (Wildman–Crippen LogP) is 2.25. The van der Waals surface area contributed by atoms with Crippen LogP contribution in [0.25, 0.3) is 0 Å². The molecule has 2 N–H and O–H groups in total. The molecular weight excluding hydrogens is 250 g/mol. The number of benzene rings is 1. The third-order valence-corrected chi connectivity index (χ3v) is 3.73. The number of rotatable bonds is 5. The molecule has 1 fully saturated rings. The van der Waals surface area contributed by atoms with Crippen molar-refractivity contribution in [2.75, 3.05) is 26.2 Å². The molecule has 0 unspecified atom stereocenters. The topological polar surface area (TPSA) is 50.8 Å². The highest BCUT2D eigenvalue weighted by Gasteiger charge is 2.16. The maximum atomic E-state index is 6.01. The van der Waals surface area contributed by atoms with Crippen LogP contribution in [0.1, 0.15) is 25.3 Å². The van der Waals surface area contributed by atoms with Crippen LogP contribution in [0.5, 0.6) is 0 Å². The van der Waals surface area contributed by atoms with Crippen molar-refractivity contribution in [2.45, 2.75) is 26.4 Å². The van der Waals surface area contributed by atoms with Gasteiger partial charge in [0.2, 0.25) is 0 Å². The van der Waals surface area contributed by atoms with Crippen molar-refractivity contribution in [3.63, 3.8) is 0 Å². The van der Waals surface area contributed by atoms with Crippen molar-refractivity contribution in [2.24, 2.45) is 16.6 Å². The van der Waals surface area contributed by atoms with Crippen LogP contribution >= 0.6 is 0 Å². The fourth-order valence-corrected chi connectivity index (χ4v) is 2.33. The van der Waals surface area contributed by atoms with Gasteiger partial charge in [-0.2, -0.15) is 0 Å². The number of nitrogens with zero attached hydrogens (tertiary/aromatic N) is 2. The molecule has 1 aromatic carbocycles. The van der Waals surface area contributed by atoms with E-state index in [-0.39, 0.29) is 0 Å². The summed E-state index contributed by atoms with van der Waals surface area (Å²) in [6.45, 7) is 6.23. The molecule has 0 radical (unpaired) electrons. The van der Waals surface area contributed by atoms with Crippen molar-refractivity contribution in [3.05, 3.63) is 35.9 Å². The Morgan fingerprint density at radius 2 is 2.00 bits per heavy atom. The highest BCUT2D eigenvalue weighted by atomic mass is 16.5.